The summed E-state index contributed by atoms with van der Waals surface area (Å²) in [6.45, 7) is 2.40. The van der Waals surface area contributed by atoms with Crippen molar-refractivity contribution >= 4 is 29.4 Å². The fourth-order valence-corrected chi connectivity index (χ4v) is 15.8. The molecule has 0 aromatic heterocycles. The summed E-state index contributed by atoms with van der Waals surface area (Å²) in [4.78, 5) is 69.8. The van der Waals surface area contributed by atoms with Crippen LogP contribution in [-0.4, -0.2) is 76.7 Å². The minimum Gasteiger partial charge on any atom is -0.375 e. The number of nitrogens with zero attached hydrogens (tertiary/aromatic N) is 2. The van der Waals surface area contributed by atoms with E-state index in [9.17, 15) is 24.0 Å². The maximum atomic E-state index is 14.0. The molecule has 0 aromatic rings. The average Bonchev–Trinajstić information content (AvgIpc) is 3.57. The third kappa shape index (κ3) is 6.67. The molecule has 2 heterocycles. The number of ketones is 1. The Morgan fingerprint density at radius 2 is 1.04 bits per heavy atom. The first-order chi connectivity index (χ1) is 27.0. The van der Waals surface area contributed by atoms with E-state index in [1.807, 2.05) is 0 Å². The van der Waals surface area contributed by atoms with Crippen LogP contribution in [0.4, 0.5) is 0 Å². The molecule has 9 heteroatoms. The van der Waals surface area contributed by atoms with Crippen molar-refractivity contribution < 1.29 is 33.4 Å². The lowest BCUT2D eigenvalue weighted by atomic mass is 9.45. The molecule has 2 saturated heterocycles. The summed E-state index contributed by atoms with van der Waals surface area (Å²) in [6.07, 6.45) is 25.0. The Morgan fingerprint density at radius 1 is 0.536 bits per heavy atom. The first kappa shape index (κ1) is 38.1. The zero-order chi connectivity index (χ0) is 38.5. The molecule has 11 rings (SSSR count). The van der Waals surface area contributed by atoms with Crippen LogP contribution < -0.4 is 0 Å². The van der Waals surface area contributed by atoms with Crippen molar-refractivity contribution in [3.63, 3.8) is 0 Å². The van der Waals surface area contributed by atoms with E-state index >= 15 is 0 Å². The van der Waals surface area contributed by atoms with Crippen LogP contribution in [0.2, 0.25) is 0 Å². The molecule has 9 saturated carbocycles. The molecule has 56 heavy (non-hydrogen) atoms. The minimum atomic E-state index is -0.410. The Hall–Kier alpha value is -2.13. The Bertz CT molecular complexity index is 1540. The van der Waals surface area contributed by atoms with E-state index in [1.165, 1.54) is 69.1 Å². The molecule has 2 aliphatic heterocycles. The van der Waals surface area contributed by atoms with Gasteiger partial charge in [-0.05, 0) is 183 Å². The molecule has 4 amide bonds. The quantitative estimate of drug-likeness (QED) is 0.233. The van der Waals surface area contributed by atoms with Gasteiger partial charge in [-0.1, -0.05) is 6.92 Å². The zero-order valence-corrected chi connectivity index (χ0v) is 34.3. The number of hydrogen-bond acceptors (Lipinski definition) is 7. The molecule has 4 bridgehead atoms. The number of Topliss-reactive ketones (excluding diaryl/α,β-unsaturated/α-hetero) is 1. The molecule has 0 N–H and O–H groups in total. The number of carbonyl (C=O) groups is 5. The number of imide groups is 2. The van der Waals surface area contributed by atoms with Gasteiger partial charge in [-0.3, -0.25) is 33.8 Å². The highest BCUT2D eigenvalue weighted by atomic mass is 16.5. The van der Waals surface area contributed by atoms with Crippen molar-refractivity contribution in [3.8, 4) is 0 Å². The van der Waals surface area contributed by atoms with Crippen molar-refractivity contribution in [2.75, 3.05) is 7.05 Å². The number of hydrogen-bond donors (Lipinski definition) is 0. The van der Waals surface area contributed by atoms with Gasteiger partial charge in [-0.15, -0.1) is 0 Å². The van der Waals surface area contributed by atoms with E-state index < -0.39 is 11.8 Å². The number of rotatable bonds is 8. The predicted octanol–water partition coefficient (Wildman–Crippen LogP) is 7.66. The van der Waals surface area contributed by atoms with Gasteiger partial charge in [-0.25, -0.2) is 0 Å². The van der Waals surface area contributed by atoms with Gasteiger partial charge in [0.2, 0.25) is 23.6 Å². The van der Waals surface area contributed by atoms with Gasteiger partial charge in [-0.2, -0.15) is 0 Å². The maximum Gasteiger partial charge on any atom is 0.233 e. The summed E-state index contributed by atoms with van der Waals surface area (Å²) < 4.78 is 14.2. The van der Waals surface area contributed by atoms with Gasteiger partial charge < -0.3 is 9.47 Å². The number of amides is 4. The van der Waals surface area contributed by atoms with Crippen LogP contribution in [0.3, 0.4) is 0 Å². The van der Waals surface area contributed by atoms with Gasteiger partial charge in [0, 0.05) is 24.9 Å². The van der Waals surface area contributed by atoms with Crippen LogP contribution in [0, 0.1) is 70.5 Å². The number of likely N-dealkylation sites (tertiary alicyclic amines) is 2. The smallest absolute Gasteiger partial charge is 0.233 e. The molecule has 9 aliphatic carbocycles. The van der Waals surface area contributed by atoms with Crippen molar-refractivity contribution in [2.45, 2.75) is 185 Å². The van der Waals surface area contributed by atoms with Crippen LogP contribution in [0.5, 0.6) is 0 Å². The number of ether oxygens (including phenoxy) is 2. The molecule has 308 valence electrons. The molecule has 9 atom stereocenters. The molecule has 0 spiro atoms. The second-order valence-corrected chi connectivity index (χ2v) is 21.6. The van der Waals surface area contributed by atoms with E-state index in [1.54, 1.807) is 11.9 Å². The first-order valence-electron chi connectivity index (χ1n) is 23.6. The summed E-state index contributed by atoms with van der Waals surface area (Å²) in [5.41, 5.74) is 0.448. The molecule has 9 nitrogen and oxygen atoms in total. The fraction of sp³-hybridized carbons (Fsp3) is 0.894. The molecule has 11 fully saturated rings. The third-order valence-corrected chi connectivity index (χ3v) is 18.2. The predicted molar refractivity (Wildman–Crippen MR) is 208 cm³/mol. The molecule has 11 aliphatic rings. The summed E-state index contributed by atoms with van der Waals surface area (Å²) in [5.74, 6) is 2.13. The highest BCUT2D eigenvalue weighted by Crippen LogP contribution is 2.65. The molecule has 0 aromatic carbocycles. The zero-order valence-electron chi connectivity index (χ0n) is 34.3. The van der Waals surface area contributed by atoms with Gasteiger partial charge >= 0.3 is 0 Å². The lowest BCUT2D eigenvalue weighted by Crippen LogP contribution is -2.55. The lowest BCUT2D eigenvalue weighted by molar-refractivity contribution is -0.182. The summed E-state index contributed by atoms with van der Waals surface area (Å²) in [6, 6.07) is -0.0742. The Morgan fingerprint density at radius 3 is 1.66 bits per heavy atom. The fourth-order valence-electron chi connectivity index (χ4n) is 15.8. The SMILES string of the molecule is CC1CCC(OC2CCC(OC3CCC(N4C(=O)C5CCC(C(=O)C6CCC7C(=O)N(C)C(=O)C7C6)CC5C4=O)CC3)CC2C23CC4CC(CC(C4)C2)C3)CC1. The van der Waals surface area contributed by atoms with Crippen molar-refractivity contribution in [1.29, 1.82) is 0 Å². The van der Waals surface area contributed by atoms with E-state index in [-0.39, 0.29) is 71.3 Å². The van der Waals surface area contributed by atoms with Crippen LogP contribution in [0.25, 0.3) is 0 Å². The summed E-state index contributed by atoms with van der Waals surface area (Å²) >= 11 is 0. The number of carbonyl (C=O) groups excluding carboxylic acids is 5. The third-order valence-electron chi connectivity index (χ3n) is 18.2. The van der Waals surface area contributed by atoms with E-state index in [0.717, 1.165) is 68.6 Å². The Balaban J connectivity index is 0.745. The van der Waals surface area contributed by atoms with Crippen LogP contribution in [0.15, 0.2) is 0 Å². The van der Waals surface area contributed by atoms with Crippen LogP contribution >= 0.6 is 0 Å². The standard InChI is InChI=1S/C47H68N2O7/c1-26-3-9-34(10-4-26)56-41-16-13-35(22-40(41)47-23-27-17-28(24-47)19-29(18-27)25-47)55-33-11-7-32(8-12-33)49-45(53)37-15-6-31(21-39(37)46(49)54)42(50)30-5-14-36-38(20-30)44(52)48(2)43(36)51/h26-41H,3-25H2,1-2H3. The topological polar surface area (TPSA) is 110 Å². The minimum absolute atomic E-state index is 0.0157. The van der Waals surface area contributed by atoms with E-state index in [2.05, 4.69) is 6.92 Å². The Kier molecular flexibility index (Phi) is 10.1. The van der Waals surface area contributed by atoms with Crippen LogP contribution in [0.1, 0.15) is 155 Å². The largest absolute Gasteiger partial charge is 0.375 e. The Labute approximate surface area is 334 Å². The second-order valence-electron chi connectivity index (χ2n) is 21.6. The normalized spacial score (nSPS) is 49.0. The highest BCUT2D eigenvalue weighted by Gasteiger charge is 2.58. The van der Waals surface area contributed by atoms with E-state index in [0.29, 0.717) is 62.1 Å². The lowest BCUT2D eigenvalue weighted by Gasteiger charge is -2.62. The molecular weight excluding hydrogens is 705 g/mol. The van der Waals surface area contributed by atoms with Crippen molar-refractivity contribution in [1.82, 2.24) is 9.80 Å². The van der Waals surface area contributed by atoms with Crippen LogP contribution in [-0.2, 0) is 33.4 Å². The van der Waals surface area contributed by atoms with Gasteiger partial charge in [0.15, 0.2) is 0 Å². The monoisotopic (exact) mass is 773 g/mol. The van der Waals surface area contributed by atoms with Crippen molar-refractivity contribution in [2.24, 2.45) is 70.5 Å². The summed E-state index contributed by atoms with van der Waals surface area (Å²) in [5, 5.41) is 0. The molecule has 0 radical (unpaired) electrons. The van der Waals surface area contributed by atoms with Crippen molar-refractivity contribution in [3.05, 3.63) is 0 Å². The molecule has 9 unspecified atom stereocenters. The second kappa shape index (κ2) is 14.9. The molecular formula is C47H68N2O7. The summed E-state index contributed by atoms with van der Waals surface area (Å²) in [7, 11) is 1.55. The van der Waals surface area contributed by atoms with E-state index in [4.69, 9.17) is 9.47 Å². The maximum absolute atomic E-state index is 14.0. The van der Waals surface area contributed by atoms with Gasteiger partial charge in [0.05, 0.1) is 48.1 Å². The van der Waals surface area contributed by atoms with Gasteiger partial charge in [0.1, 0.15) is 5.78 Å². The average molecular weight is 773 g/mol. The first-order valence-corrected chi connectivity index (χ1v) is 23.6. The van der Waals surface area contributed by atoms with Gasteiger partial charge in [0.25, 0.3) is 0 Å². The highest BCUT2D eigenvalue weighted by molar-refractivity contribution is 6.06. The number of fused-ring (bicyclic) bond motifs is 2.